The highest BCUT2D eigenvalue weighted by Gasteiger charge is 2.14. The van der Waals surface area contributed by atoms with Crippen LogP contribution in [-0.4, -0.2) is 38.7 Å². The summed E-state index contributed by atoms with van der Waals surface area (Å²) in [5.74, 6) is -0.181. The van der Waals surface area contributed by atoms with Gasteiger partial charge in [0.2, 0.25) is 5.91 Å². The Kier molecular flexibility index (Phi) is 5.93. The Morgan fingerprint density at radius 3 is 2.77 bits per heavy atom. The SMILES string of the molecule is N[C@@H](Cc1ccccc1)C(=O)NCCc1cc(Cl)ccc1-n1cnnn1. The van der Waals surface area contributed by atoms with Gasteiger partial charge in [0, 0.05) is 11.6 Å². The molecular weight excluding hydrogens is 352 g/mol. The van der Waals surface area contributed by atoms with Crippen LogP contribution in [0.1, 0.15) is 11.1 Å². The summed E-state index contributed by atoms with van der Waals surface area (Å²) in [6.45, 7) is 0.441. The van der Waals surface area contributed by atoms with Crippen LogP contribution < -0.4 is 11.1 Å². The first-order valence-corrected chi connectivity index (χ1v) is 8.60. The van der Waals surface area contributed by atoms with E-state index >= 15 is 0 Å². The lowest BCUT2D eigenvalue weighted by Crippen LogP contribution is -2.42. The van der Waals surface area contributed by atoms with Crippen molar-refractivity contribution in [3.63, 3.8) is 0 Å². The van der Waals surface area contributed by atoms with Crippen molar-refractivity contribution in [1.29, 1.82) is 0 Å². The van der Waals surface area contributed by atoms with Crippen LogP contribution in [0.3, 0.4) is 0 Å². The number of carbonyl (C=O) groups excluding carboxylic acids is 1. The second-order valence-electron chi connectivity index (χ2n) is 5.86. The Morgan fingerprint density at radius 2 is 2.04 bits per heavy atom. The van der Waals surface area contributed by atoms with Crippen LogP contribution in [0.25, 0.3) is 5.69 Å². The molecule has 134 valence electrons. The van der Waals surface area contributed by atoms with Crippen molar-refractivity contribution < 1.29 is 4.79 Å². The molecule has 7 nitrogen and oxygen atoms in total. The molecule has 0 aliphatic rings. The molecule has 3 N–H and O–H groups in total. The fourth-order valence-corrected chi connectivity index (χ4v) is 2.86. The summed E-state index contributed by atoms with van der Waals surface area (Å²) in [5.41, 5.74) is 8.78. The molecular formula is C18H19ClN6O. The number of hydrogen-bond acceptors (Lipinski definition) is 5. The van der Waals surface area contributed by atoms with Crippen molar-refractivity contribution in [1.82, 2.24) is 25.5 Å². The Bertz CT molecular complexity index is 853. The van der Waals surface area contributed by atoms with Gasteiger partial charge in [-0.15, -0.1) is 5.10 Å². The van der Waals surface area contributed by atoms with Gasteiger partial charge in [-0.05, 0) is 52.6 Å². The highest BCUT2D eigenvalue weighted by molar-refractivity contribution is 6.30. The lowest BCUT2D eigenvalue weighted by Gasteiger charge is -2.13. The van der Waals surface area contributed by atoms with Crippen LogP contribution in [0.2, 0.25) is 5.02 Å². The van der Waals surface area contributed by atoms with Gasteiger partial charge in [0.1, 0.15) is 6.33 Å². The Balaban J connectivity index is 1.58. The summed E-state index contributed by atoms with van der Waals surface area (Å²) >= 11 is 6.09. The summed E-state index contributed by atoms with van der Waals surface area (Å²) in [7, 11) is 0. The number of benzene rings is 2. The number of nitrogens with zero attached hydrogens (tertiary/aromatic N) is 4. The first-order chi connectivity index (χ1) is 12.6. The Morgan fingerprint density at radius 1 is 1.23 bits per heavy atom. The minimum absolute atomic E-state index is 0.181. The molecule has 0 bridgehead atoms. The number of carbonyl (C=O) groups is 1. The average molecular weight is 371 g/mol. The van der Waals surface area contributed by atoms with E-state index < -0.39 is 6.04 Å². The van der Waals surface area contributed by atoms with Crippen LogP contribution in [0.5, 0.6) is 0 Å². The number of nitrogens with one attached hydrogen (secondary N) is 1. The lowest BCUT2D eigenvalue weighted by molar-refractivity contribution is -0.122. The molecule has 0 saturated heterocycles. The number of aromatic nitrogens is 4. The highest BCUT2D eigenvalue weighted by Crippen LogP contribution is 2.19. The van der Waals surface area contributed by atoms with Crippen molar-refractivity contribution in [2.24, 2.45) is 5.73 Å². The molecule has 8 heteroatoms. The first-order valence-electron chi connectivity index (χ1n) is 8.22. The van der Waals surface area contributed by atoms with Gasteiger partial charge in [0.25, 0.3) is 0 Å². The van der Waals surface area contributed by atoms with Gasteiger partial charge in [-0.2, -0.15) is 0 Å². The zero-order valence-corrected chi connectivity index (χ0v) is 14.8. The summed E-state index contributed by atoms with van der Waals surface area (Å²) in [4.78, 5) is 12.2. The second kappa shape index (κ2) is 8.55. The number of tetrazole rings is 1. The molecule has 0 unspecified atom stereocenters. The zero-order valence-electron chi connectivity index (χ0n) is 14.0. The third-order valence-corrected chi connectivity index (χ3v) is 4.20. The van der Waals surface area contributed by atoms with Gasteiger partial charge in [-0.25, -0.2) is 4.68 Å². The quantitative estimate of drug-likeness (QED) is 0.657. The van der Waals surface area contributed by atoms with Gasteiger partial charge < -0.3 is 11.1 Å². The van der Waals surface area contributed by atoms with Crippen molar-refractivity contribution in [3.05, 3.63) is 71.0 Å². The topological polar surface area (TPSA) is 98.7 Å². The number of hydrogen-bond donors (Lipinski definition) is 2. The van der Waals surface area contributed by atoms with Gasteiger partial charge in [-0.3, -0.25) is 4.79 Å². The van der Waals surface area contributed by atoms with Crippen LogP contribution in [0.15, 0.2) is 54.9 Å². The number of nitrogens with two attached hydrogens (primary N) is 1. The third-order valence-electron chi connectivity index (χ3n) is 3.97. The van der Waals surface area contributed by atoms with Crippen LogP contribution in [0, 0.1) is 0 Å². The average Bonchev–Trinajstić information content (AvgIpc) is 3.17. The number of rotatable bonds is 7. The molecule has 1 heterocycles. The van der Waals surface area contributed by atoms with E-state index in [1.54, 1.807) is 10.7 Å². The largest absolute Gasteiger partial charge is 0.354 e. The minimum Gasteiger partial charge on any atom is -0.354 e. The summed E-state index contributed by atoms with van der Waals surface area (Å²) in [6.07, 6.45) is 2.60. The normalized spacial score (nSPS) is 11.9. The second-order valence-corrected chi connectivity index (χ2v) is 6.30. The van der Waals surface area contributed by atoms with E-state index in [-0.39, 0.29) is 5.91 Å². The molecule has 26 heavy (non-hydrogen) atoms. The van der Waals surface area contributed by atoms with Gasteiger partial charge in [-0.1, -0.05) is 41.9 Å². The van der Waals surface area contributed by atoms with E-state index in [0.717, 1.165) is 16.8 Å². The molecule has 0 radical (unpaired) electrons. The summed E-state index contributed by atoms with van der Waals surface area (Å²) in [6, 6.07) is 14.6. The fourth-order valence-electron chi connectivity index (χ4n) is 2.66. The Labute approximate surface area is 156 Å². The van der Waals surface area contributed by atoms with E-state index in [1.807, 2.05) is 42.5 Å². The van der Waals surface area contributed by atoms with Crippen molar-refractivity contribution in [2.75, 3.05) is 6.54 Å². The number of amides is 1. The Hall–Kier alpha value is -2.77. The van der Waals surface area contributed by atoms with Crippen molar-refractivity contribution in [3.8, 4) is 5.69 Å². The standard InChI is InChI=1S/C18H19ClN6O/c19-15-6-7-17(25-12-22-23-24-25)14(11-15)8-9-21-18(26)16(20)10-13-4-2-1-3-5-13/h1-7,11-12,16H,8-10,20H2,(H,21,26)/t16-/m0/s1. The predicted molar refractivity (Wildman–Crippen MR) is 99.0 cm³/mol. The van der Waals surface area contributed by atoms with Crippen LogP contribution in [0.4, 0.5) is 0 Å². The third kappa shape index (κ3) is 4.65. The van der Waals surface area contributed by atoms with Gasteiger partial charge in [0.05, 0.1) is 11.7 Å². The van der Waals surface area contributed by atoms with Crippen molar-refractivity contribution in [2.45, 2.75) is 18.9 Å². The highest BCUT2D eigenvalue weighted by atomic mass is 35.5. The molecule has 0 fully saturated rings. The summed E-state index contributed by atoms with van der Waals surface area (Å²) in [5, 5.41) is 14.7. The van der Waals surface area contributed by atoms with Crippen LogP contribution >= 0.6 is 11.6 Å². The monoisotopic (exact) mass is 370 g/mol. The van der Waals surface area contributed by atoms with E-state index in [9.17, 15) is 4.79 Å². The molecule has 0 aliphatic heterocycles. The molecule has 0 spiro atoms. The predicted octanol–water partition coefficient (Wildman–Crippen LogP) is 1.54. The van der Waals surface area contributed by atoms with Crippen molar-refractivity contribution >= 4 is 17.5 Å². The first kappa shape index (κ1) is 18.0. The molecule has 0 saturated carbocycles. The fraction of sp³-hybridized carbons (Fsp3) is 0.222. The van der Waals surface area contributed by atoms with Gasteiger partial charge in [0.15, 0.2) is 0 Å². The summed E-state index contributed by atoms with van der Waals surface area (Å²) < 4.78 is 1.56. The lowest BCUT2D eigenvalue weighted by atomic mass is 10.1. The van der Waals surface area contributed by atoms with E-state index in [1.165, 1.54) is 6.33 Å². The molecule has 1 aromatic heterocycles. The molecule has 2 aromatic carbocycles. The smallest absolute Gasteiger partial charge is 0.237 e. The minimum atomic E-state index is -0.587. The van der Waals surface area contributed by atoms with E-state index in [4.69, 9.17) is 17.3 Å². The van der Waals surface area contributed by atoms with E-state index in [0.29, 0.717) is 24.4 Å². The number of halogens is 1. The van der Waals surface area contributed by atoms with Gasteiger partial charge >= 0.3 is 0 Å². The zero-order chi connectivity index (χ0) is 18.4. The molecule has 0 aliphatic carbocycles. The maximum absolute atomic E-state index is 12.2. The molecule has 1 atom stereocenters. The van der Waals surface area contributed by atoms with Crippen LogP contribution in [-0.2, 0) is 17.6 Å². The molecule has 1 amide bonds. The maximum Gasteiger partial charge on any atom is 0.237 e. The maximum atomic E-state index is 12.2. The van der Waals surface area contributed by atoms with E-state index in [2.05, 4.69) is 20.8 Å². The molecule has 3 rings (SSSR count). The molecule has 3 aromatic rings.